The number of hydrogen-bond acceptors (Lipinski definition) is 2. The molecule has 0 radical (unpaired) electrons. The Hall–Kier alpha value is -2.54. The average Bonchev–Trinajstić information content (AvgIpc) is 2.83. The normalized spacial score (nSPS) is 14.3. The van der Waals surface area contributed by atoms with Gasteiger partial charge in [-0.3, -0.25) is 0 Å². The molecule has 146 valence electrons. The Labute approximate surface area is 163 Å². The Morgan fingerprint density at radius 2 is 1.79 bits per heavy atom. The molecule has 0 aliphatic carbocycles. The number of hydrogen-bond donors (Lipinski definition) is 1. The fraction of sp³-hybridized carbons (Fsp3) is 0.250. The van der Waals surface area contributed by atoms with E-state index in [1.54, 1.807) is 12.1 Å². The van der Waals surface area contributed by atoms with Gasteiger partial charge in [0, 0.05) is 22.7 Å². The molecule has 0 saturated carbocycles. The van der Waals surface area contributed by atoms with E-state index >= 15 is 0 Å². The molecular weight excluding hydrogens is 394 g/mol. The lowest BCUT2D eigenvalue weighted by atomic mass is 10.0. The highest BCUT2D eigenvalue weighted by atomic mass is 35.5. The number of nitrogens with zero attached hydrogens (tertiary/aromatic N) is 2. The van der Waals surface area contributed by atoms with E-state index in [1.165, 1.54) is 28.9 Å². The topological polar surface area (TPSA) is 29.9 Å². The average molecular weight is 410 g/mol. The highest BCUT2D eigenvalue weighted by Gasteiger charge is 2.36. The first-order valence-corrected chi connectivity index (χ1v) is 9.21. The Balaban J connectivity index is 1.95. The van der Waals surface area contributed by atoms with Gasteiger partial charge >= 0.3 is 6.18 Å². The molecule has 1 aliphatic heterocycles. The number of anilines is 1. The van der Waals surface area contributed by atoms with Gasteiger partial charge < -0.3 is 5.32 Å². The lowest BCUT2D eigenvalue weighted by molar-refractivity contribution is -0.137. The van der Waals surface area contributed by atoms with Crippen LogP contribution in [0, 0.1) is 5.82 Å². The number of rotatable bonds is 2. The molecule has 1 aromatic heterocycles. The molecule has 0 unspecified atom stereocenters. The van der Waals surface area contributed by atoms with Crippen LogP contribution in [0.1, 0.15) is 24.0 Å². The van der Waals surface area contributed by atoms with Gasteiger partial charge in [-0.1, -0.05) is 11.6 Å². The van der Waals surface area contributed by atoms with Gasteiger partial charge in [0.15, 0.2) is 0 Å². The summed E-state index contributed by atoms with van der Waals surface area (Å²) in [7, 11) is 0. The molecule has 2 aromatic carbocycles. The Morgan fingerprint density at radius 1 is 1.04 bits per heavy atom. The monoisotopic (exact) mass is 409 g/mol. The van der Waals surface area contributed by atoms with Crippen LogP contribution in [-0.4, -0.2) is 16.3 Å². The van der Waals surface area contributed by atoms with Gasteiger partial charge in [0.2, 0.25) is 0 Å². The third-order valence-electron chi connectivity index (χ3n) is 4.74. The number of fused-ring (bicyclic) bond motifs is 1. The molecule has 1 aliphatic rings. The lowest BCUT2D eigenvalue weighted by Crippen LogP contribution is -2.14. The second-order valence-corrected chi connectivity index (χ2v) is 7.07. The summed E-state index contributed by atoms with van der Waals surface area (Å²) in [6.07, 6.45) is -2.14. The zero-order valence-corrected chi connectivity index (χ0v) is 15.4. The minimum Gasteiger partial charge on any atom is -0.370 e. The summed E-state index contributed by atoms with van der Waals surface area (Å²) in [4.78, 5) is 0. The highest BCUT2D eigenvalue weighted by Crippen LogP contribution is 2.39. The van der Waals surface area contributed by atoms with Crippen molar-refractivity contribution in [2.24, 2.45) is 0 Å². The zero-order chi connectivity index (χ0) is 19.9. The summed E-state index contributed by atoms with van der Waals surface area (Å²) in [6.45, 7) is 0.635. The van der Waals surface area contributed by atoms with Gasteiger partial charge in [-0.25, -0.2) is 9.07 Å². The first kappa shape index (κ1) is 18.8. The van der Waals surface area contributed by atoms with E-state index in [2.05, 4.69) is 10.4 Å². The smallest absolute Gasteiger partial charge is 0.370 e. The van der Waals surface area contributed by atoms with Crippen LogP contribution in [0.4, 0.5) is 23.4 Å². The third-order valence-corrected chi connectivity index (χ3v) is 4.97. The molecule has 0 spiro atoms. The van der Waals surface area contributed by atoms with Gasteiger partial charge in [0.1, 0.15) is 11.6 Å². The van der Waals surface area contributed by atoms with Crippen molar-refractivity contribution < 1.29 is 17.6 Å². The quantitative estimate of drug-likeness (QED) is 0.518. The molecule has 0 amide bonds. The first-order valence-electron chi connectivity index (χ1n) is 8.83. The number of alkyl halides is 3. The summed E-state index contributed by atoms with van der Waals surface area (Å²) >= 11 is 5.81. The fourth-order valence-corrected chi connectivity index (χ4v) is 3.61. The zero-order valence-electron chi connectivity index (χ0n) is 14.7. The van der Waals surface area contributed by atoms with Crippen LogP contribution in [0.3, 0.4) is 0 Å². The van der Waals surface area contributed by atoms with Crippen LogP contribution in [0.5, 0.6) is 0 Å². The predicted molar refractivity (Wildman–Crippen MR) is 100 cm³/mol. The van der Waals surface area contributed by atoms with Crippen LogP contribution in [0.15, 0.2) is 42.5 Å². The summed E-state index contributed by atoms with van der Waals surface area (Å²) < 4.78 is 55.5. The number of halogens is 5. The summed E-state index contributed by atoms with van der Waals surface area (Å²) in [5.74, 6) is 0.147. The SMILES string of the molecule is Fc1ccc(-c2nn(-c3ccc(Cl)cc3C(F)(F)F)c3c2CCCCN3)cc1. The van der Waals surface area contributed by atoms with Gasteiger partial charge in [-0.05, 0) is 61.7 Å². The molecule has 0 atom stereocenters. The third kappa shape index (κ3) is 3.46. The van der Waals surface area contributed by atoms with E-state index in [0.29, 0.717) is 30.0 Å². The largest absolute Gasteiger partial charge is 0.418 e. The van der Waals surface area contributed by atoms with Gasteiger partial charge in [0.25, 0.3) is 0 Å². The van der Waals surface area contributed by atoms with Crippen LogP contribution >= 0.6 is 11.6 Å². The van der Waals surface area contributed by atoms with Crippen LogP contribution < -0.4 is 5.32 Å². The molecule has 0 saturated heterocycles. The second kappa shape index (κ2) is 7.13. The van der Waals surface area contributed by atoms with E-state index in [4.69, 9.17) is 11.6 Å². The minimum atomic E-state index is -4.58. The summed E-state index contributed by atoms with van der Waals surface area (Å²) in [6, 6.07) is 9.43. The molecule has 0 bridgehead atoms. The number of benzene rings is 2. The second-order valence-electron chi connectivity index (χ2n) is 6.64. The van der Waals surface area contributed by atoms with Crippen molar-refractivity contribution in [2.75, 3.05) is 11.9 Å². The summed E-state index contributed by atoms with van der Waals surface area (Å²) in [5.41, 5.74) is 1.07. The van der Waals surface area contributed by atoms with E-state index in [-0.39, 0.29) is 16.5 Å². The Kier molecular flexibility index (Phi) is 4.79. The maximum absolute atomic E-state index is 13.6. The number of aromatic nitrogens is 2. The van der Waals surface area contributed by atoms with Crippen molar-refractivity contribution in [3.63, 3.8) is 0 Å². The van der Waals surface area contributed by atoms with Crippen molar-refractivity contribution in [1.29, 1.82) is 0 Å². The van der Waals surface area contributed by atoms with Crippen molar-refractivity contribution >= 4 is 17.4 Å². The Morgan fingerprint density at radius 3 is 2.50 bits per heavy atom. The van der Waals surface area contributed by atoms with Crippen LogP contribution in [-0.2, 0) is 12.6 Å². The van der Waals surface area contributed by atoms with Crippen molar-refractivity contribution in [1.82, 2.24) is 9.78 Å². The van der Waals surface area contributed by atoms with Gasteiger partial charge in [-0.2, -0.15) is 18.3 Å². The maximum atomic E-state index is 13.6. The first-order chi connectivity index (χ1) is 13.3. The highest BCUT2D eigenvalue weighted by molar-refractivity contribution is 6.30. The number of nitrogens with one attached hydrogen (secondary N) is 1. The predicted octanol–water partition coefficient (Wildman–Crippen LogP) is 6.10. The van der Waals surface area contributed by atoms with Crippen molar-refractivity contribution in [3.8, 4) is 16.9 Å². The summed E-state index contributed by atoms with van der Waals surface area (Å²) in [5, 5.41) is 7.71. The Bertz CT molecular complexity index is 1010. The van der Waals surface area contributed by atoms with Crippen LogP contribution in [0.2, 0.25) is 5.02 Å². The minimum absolute atomic E-state index is 0.000961. The fourth-order valence-electron chi connectivity index (χ4n) is 3.44. The van der Waals surface area contributed by atoms with E-state index < -0.39 is 11.7 Å². The molecule has 3 nitrogen and oxygen atoms in total. The molecule has 3 aromatic rings. The van der Waals surface area contributed by atoms with Gasteiger partial charge in [-0.15, -0.1) is 0 Å². The lowest BCUT2D eigenvalue weighted by Gasteiger charge is -2.16. The molecule has 1 N–H and O–H groups in total. The molecular formula is C20H16ClF4N3. The molecule has 4 rings (SSSR count). The van der Waals surface area contributed by atoms with E-state index in [0.717, 1.165) is 24.5 Å². The van der Waals surface area contributed by atoms with Gasteiger partial charge in [0.05, 0.1) is 16.9 Å². The van der Waals surface area contributed by atoms with E-state index in [9.17, 15) is 17.6 Å². The maximum Gasteiger partial charge on any atom is 0.418 e. The molecule has 28 heavy (non-hydrogen) atoms. The van der Waals surface area contributed by atoms with Crippen molar-refractivity contribution in [2.45, 2.75) is 25.4 Å². The van der Waals surface area contributed by atoms with Crippen LogP contribution in [0.25, 0.3) is 16.9 Å². The molecule has 0 fully saturated rings. The van der Waals surface area contributed by atoms with E-state index in [1.807, 2.05) is 0 Å². The standard InChI is InChI=1S/C20H16ClF4N3/c21-13-6-9-17(16(11-13)20(23,24)25)28-19-15(3-1-2-10-26-19)18(27-28)12-4-7-14(22)8-5-12/h4-9,11,26H,1-3,10H2. The molecule has 2 heterocycles. The molecule has 8 heteroatoms. The van der Waals surface area contributed by atoms with Crippen molar-refractivity contribution in [3.05, 3.63) is 64.4 Å².